The van der Waals surface area contributed by atoms with Gasteiger partial charge in [-0.3, -0.25) is 0 Å². The second-order valence-corrected chi connectivity index (χ2v) is 5.94. The van der Waals surface area contributed by atoms with Gasteiger partial charge in [0.05, 0.1) is 6.61 Å². The van der Waals surface area contributed by atoms with Crippen molar-refractivity contribution >= 4 is 12.0 Å². The molecule has 1 saturated carbocycles. The lowest BCUT2D eigenvalue weighted by Gasteiger charge is -2.32. The number of nitrogens with zero attached hydrogens (tertiary/aromatic N) is 1. The summed E-state index contributed by atoms with van der Waals surface area (Å²) in [7, 11) is 1.58. The van der Waals surface area contributed by atoms with E-state index in [1.165, 1.54) is 0 Å². The standard InChI is InChI=1S/C15H28N2O4/c1-11(2)17(9-10-21-3)15(20)16-13(14(18)19)12-7-5-4-6-8-12/h11-13H,4-10H2,1-3H3,(H,16,20)(H,18,19). The Morgan fingerprint density at radius 2 is 1.90 bits per heavy atom. The predicted molar refractivity (Wildman–Crippen MR) is 80.2 cm³/mol. The molecule has 1 fully saturated rings. The maximum Gasteiger partial charge on any atom is 0.326 e. The quantitative estimate of drug-likeness (QED) is 0.754. The minimum Gasteiger partial charge on any atom is -0.480 e. The average molecular weight is 300 g/mol. The van der Waals surface area contributed by atoms with Crippen LogP contribution in [0.1, 0.15) is 46.0 Å². The maximum atomic E-state index is 12.3. The van der Waals surface area contributed by atoms with Crippen molar-refractivity contribution in [3.63, 3.8) is 0 Å². The number of rotatable bonds is 7. The van der Waals surface area contributed by atoms with Gasteiger partial charge in [-0.2, -0.15) is 0 Å². The monoisotopic (exact) mass is 300 g/mol. The summed E-state index contributed by atoms with van der Waals surface area (Å²) in [6, 6.07) is -1.11. The van der Waals surface area contributed by atoms with Gasteiger partial charge >= 0.3 is 12.0 Å². The van der Waals surface area contributed by atoms with Crippen molar-refractivity contribution < 1.29 is 19.4 Å². The first-order valence-electron chi connectivity index (χ1n) is 7.76. The minimum atomic E-state index is -0.939. The number of hydrogen-bond acceptors (Lipinski definition) is 3. The second-order valence-electron chi connectivity index (χ2n) is 5.94. The minimum absolute atomic E-state index is 0.000880. The summed E-state index contributed by atoms with van der Waals surface area (Å²) in [5, 5.41) is 12.1. The SMILES string of the molecule is COCCN(C(=O)NC(C(=O)O)C1CCCCC1)C(C)C. The Labute approximate surface area is 126 Å². The van der Waals surface area contributed by atoms with Crippen molar-refractivity contribution in [2.24, 2.45) is 5.92 Å². The van der Waals surface area contributed by atoms with Gasteiger partial charge in [-0.25, -0.2) is 9.59 Å². The molecule has 1 aliphatic rings. The van der Waals surface area contributed by atoms with E-state index in [0.29, 0.717) is 13.2 Å². The van der Waals surface area contributed by atoms with E-state index in [1.807, 2.05) is 13.8 Å². The van der Waals surface area contributed by atoms with E-state index < -0.39 is 12.0 Å². The van der Waals surface area contributed by atoms with Gasteiger partial charge in [0, 0.05) is 19.7 Å². The van der Waals surface area contributed by atoms with Crippen molar-refractivity contribution in [1.29, 1.82) is 0 Å². The van der Waals surface area contributed by atoms with Gasteiger partial charge < -0.3 is 20.1 Å². The molecule has 1 unspecified atom stereocenters. The maximum absolute atomic E-state index is 12.3. The summed E-state index contributed by atoms with van der Waals surface area (Å²) in [5.41, 5.74) is 0. The number of carbonyl (C=O) groups excluding carboxylic acids is 1. The molecule has 1 aliphatic carbocycles. The predicted octanol–water partition coefficient (Wildman–Crippen LogP) is 2.09. The van der Waals surface area contributed by atoms with E-state index in [2.05, 4.69) is 5.32 Å². The lowest BCUT2D eigenvalue weighted by atomic mass is 9.84. The third kappa shape index (κ3) is 5.53. The Bertz CT molecular complexity index is 341. The van der Waals surface area contributed by atoms with Crippen LogP contribution in [-0.4, -0.2) is 54.4 Å². The topological polar surface area (TPSA) is 78.9 Å². The number of aliphatic carboxylic acids is 1. The first-order valence-corrected chi connectivity index (χ1v) is 7.76. The molecular weight excluding hydrogens is 272 g/mol. The fourth-order valence-corrected chi connectivity index (χ4v) is 2.85. The first kappa shape index (κ1) is 17.8. The number of hydrogen-bond donors (Lipinski definition) is 2. The van der Waals surface area contributed by atoms with E-state index in [1.54, 1.807) is 12.0 Å². The van der Waals surface area contributed by atoms with Crippen LogP contribution in [-0.2, 0) is 9.53 Å². The van der Waals surface area contributed by atoms with Crippen molar-refractivity contribution in [3.05, 3.63) is 0 Å². The van der Waals surface area contributed by atoms with Crippen molar-refractivity contribution in [2.45, 2.75) is 58.0 Å². The average Bonchev–Trinajstić information content (AvgIpc) is 2.45. The first-order chi connectivity index (χ1) is 9.97. The number of carbonyl (C=O) groups is 2. The van der Waals surface area contributed by atoms with E-state index in [9.17, 15) is 14.7 Å². The molecule has 0 aromatic heterocycles. The number of urea groups is 1. The summed E-state index contributed by atoms with van der Waals surface area (Å²) in [6.07, 6.45) is 4.99. The Morgan fingerprint density at radius 1 is 1.29 bits per heavy atom. The second kappa shape index (κ2) is 8.87. The van der Waals surface area contributed by atoms with Gasteiger partial charge in [-0.15, -0.1) is 0 Å². The summed E-state index contributed by atoms with van der Waals surface area (Å²) < 4.78 is 5.00. The molecular formula is C15H28N2O4. The van der Waals surface area contributed by atoms with Gasteiger partial charge in [0.25, 0.3) is 0 Å². The molecule has 2 amide bonds. The van der Waals surface area contributed by atoms with E-state index in [-0.39, 0.29) is 18.0 Å². The smallest absolute Gasteiger partial charge is 0.326 e. The molecule has 0 aliphatic heterocycles. The van der Waals surface area contributed by atoms with Crippen molar-refractivity contribution in [3.8, 4) is 0 Å². The summed E-state index contributed by atoms with van der Waals surface area (Å²) in [6.45, 7) is 4.71. The van der Waals surface area contributed by atoms with Crippen LogP contribution in [0.2, 0.25) is 0 Å². The number of ether oxygens (including phenoxy) is 1. The van der Waals surface area contributed by atoms with Crippen molar-refractivity contribution in [1.82, 2.24) is 10.2 Å². The van der Waals surface area contributed by atoms with E-state index in [0.717, 1.165) is 32.1 Å². The van der Waals surface area contributed by atoms with Crippen LogP contribution >= 0.6 is 0 Å². The lowest BCUT2D eigenvalue weighted by Crippen LogP contribution is -2.53. The van der Waals surface area contributed by atoms with Gasteiger partial charge in [-0.05, 0) is 32.6 Å². The normalized spacial score (nSPS) is 17.5. The molecule has 21 heavy (non-hydrogen) atoms. The van der Waals surface area contributed by atoms with E-state index >= 15 is 0 Å². The van der Waals surface area contributed by atoms with Crippen LogP contribution in [0.5, 0.6) is 0 Å². The number of carboxylic acids is 1. The van der Waals surface area contributed by atoms with Gasteiger partial charge in [-0.1, -0.05) is 19.3 Å². The molecule has 0 radical (unpaired) electrons. The number of amides is 2. The zero-order valence-corrected chi connectivity index (χ0v) is 13.3. The molecule has 0 spiro atoms. The highest BCUT2D eigenvalue weighted by Crippen LogP contribution is 2.26. The fraction of sp³-hybridized carbons (Fsp3) is 0.867. The van der Waals surface area contributed by atoms with Crippen LogP contribution in [0.4, 0.5) is 4.79 Å². The van der Waals surface area contributed by atoms with Crippen LogP contribution in [0, 0.1) is 5.92 Å². The van der Waals surface area contributed by atoms with Crippen LogP contribution in [0.25, 0.3) is 0 Å². The Balaban J connectivity index is 2.67. The lowest BCUT2D eigenvalue weighted by molar-refractivity contribution is -0.141. The Hall–Kier alpha value is -1.30. The zero-order chi connectivity index (χ0) is 15.8. The molecule has 122 valence electrons. The van der Waals surface area contributed by atoms with Gasteiger partial charge in [0.2, 0.25) is 0 Å². The van der Waals surface area contributed by atoms with Gasteiger partial charge in [0.1, 0.15) is 6.04 Å². The summed E-state index contributed by atoms with van der Waals surface area (Å²) in [4.78, 5) is 25.4. The van der Waals surface area contributed by atoms with Gasteiger partial charge in [0.15, 0.2) is 0 Å². The highest BCUT2D eigenvalue weighted by molar-refractivity contribution is 5.83. The molecule has 6 nitrogen and oxygen atoms in total. The number of methoxy groups -OCH3 is 1. The van der Waals surface area contributed by atoms with Crippen molar-refractivity contribution in [2.75, 3.05) is 20.3 Å². The Kier molecular flexibility index (Phi) is 7.50. The highest BCUT2D eigenvalue weighted by Gasteiger charge is 2.32. The number of carboxylic acid groups (broad SMARTS) is 1. The summed E-state index contributed by atoms with van der Waals surface area (Å²) in [5.74, 6) is -0.901. The van der Waals surface area contributed by atoms with E-state index in [4.69, 9.17) is 4.74 Å². The molecule has 6 heteroatoms. The molecule has 0 heterocycles. The molecule has 1 atom stereocenters. The largest absolute Gasteiger partial charge is 0.480 e. The van der Waals surface area contributed by atoms with Crippen LogP contribution < -0.4 is 5.32 Å². The fourth-order valence-electron chi connectivity index (χ4n) is 2.85. The molecule has 1 rings (SSSR count). The molecule has 2 N–H and O–H groups in total. The van der Waals surface area contributed by atoms with Crippen LogP contribution in [0.3, 0.4) is 0 Å². The molecule has 0 saturated heterocycles. The molecule has 0 bridgehead atoms. The molecule has 0 aromatic rings. The Morgan fingerprint density at radius 3 is 2.38 bits per heavy atom. The third-order valence-corrected chi connectivity index (χ3v) is 4.09. The number of nitrogens with one attached hydrogen (secondary N) is 1. The zero-order valence-electron chi connectivity index (χ0n) is 13.3. The highest BCUT2D eigenvalue weighted by atomic mass is 16.5. The van der Waals surface area contributed by atoms with Crippen LogP contribution in [0.15, 0.2) is 0 Å². The summed E-state index contributed by atoms with van der Waals surface area (Å²) >= 11 is 0. The molecule has 0 aromatic carbocycles. The third-order valence-electron chi connectivity index (χ3n) is 4.09.